The van der Waals surface area contributed by atoms with Crippen LogP contribution < -0.4 is 5.56 Å². The lowest BCUT2D eigenvalue weighted by molar-refractivity contribution is -0.0613. The first kappa shape index (κ1) is 22.3. The smallest absolute Gasteiger partial charge is 0.470 e. The van der Waals surface area contributed by atoms with Gasteiger partial charge in [0.1, 0.15) is 18.3 Å². The van der Waals surface area contributed by atoms with E-state index in [4.69, 9.17) is 41.3 Å². The molecule has 4 atom stereocenters. The van der Waals surface area contributed by atoms with Crippen LogP contribution in [0.1, 0.15) is 6.23 Å². The fraction of sp³-hybridized carbons (Fsp3) is 0.600. The molecule has 4 unspecified atom stereocenters. The number of nitrogens with zero attached hydrogens (tertiary/aromatic N) is 1. The first-order valence-corrected chi connectivity index (χ1v) is 10.5. The predicted octanol–water partition coefficient (Wildman–Crippen LogP) is -0.889. The lowest BCUT2D eigenvalue weighted by Crippen LogP contribution is -2.37. The van der Waals surface area contributed by atoms with Gasteiger partial charge in [0, 0.05) is 7.11 Å². The average molecular weight is 450 g/mol. The van der Waals surface area contributed by atoms with E-state index in [1.165, 1.54) is 0 Å². The molecule has 0 aromatic carbocycles. The van der Waals surface area contributed by atoms with Gasteiger partial charge in [-0.05, 0) is 12.2 Å². The zero-order chi connectivity index (χ0) is 20.6. The number of phosphoric ester groups is 2. The maximum Gasteiger partial charge on any atom is 0.470 e. The van der Waals surface area contributed by atoms with Crippen molar-refractivity contribution < 1.29 is 52.3 Å². The topological polar surface area (TPSA) is 210 Å². The molecule has 14 nitrogen and oxygen atoms in total. The highest BCUT2D eigenvalue weighted by Gasteiger charge is 2.50. The molecule has 0 radical (unpaired) electrons. The zero-order valence-electron chi connectivity index (χ0n) is 13.4. The van der Waals surface area contributed by atoms with E-state index in [1.807, 2.05) is 0 Å². The van der Waals surface area contributed by atoms with Crippen molar-refractivity contribution in [3.63, 3.8) is 0 Å². The summed E-state index contributed by atoms with van der Waals surface area (Å²) in [7, 11) is -8.84. The number of aromatic hydroxyl groups is 1. The number of aromatic amines is 1. The molecule has 2 heterocycles. The second kappa shape index (κ2) is 8.19. The van der Waals surface area contributed by atoms with Crippen molar-refractivity contribution in [2.75, 3.05) is 13.7 Å². The summed E-state index contributed by atoms with van der Waals surface area (Å²) in [6.45, 7) is -0.812. The first-order valence-electron chi connectivity index (χ1n) is 6.99. The standard InChI is InChI=1S/C10H16N2O12P2S/c1-21-7-6(24-26(18,19)20)5(3-22-25(15,16)17)23-9(7)12-2-4(13)8(14)11-10(12)27/h2,5-7,9,13H,3H2,1H3,(H,11,14,27)(H2,15,16,17)(H2,18,19,20). The predicted molar refractivity (Wildman–Crippen MR) is 87.2 cm³/mol. The molecule has 1 aliphatic heterocycles. The summed E-state index contributed by atoms with van der Waals surface area (Å²) in [4.78, 5) is 49.4. The van der Waals surface area contributed by atoms with E-state index in [-0.39, 0.29) is 4.77 Å². The number of methoxy groups -OCH3 is 1. The molecule has 0 amide bonds. The Hall–Kier alpha value is -0.960. The highest BCUT2D eigenvalue weighted by Crippen LogP contribution is 2.46. The van der Waals surface area contributed by atoms with Crippen LogP contribution >= 0.6 is 27.9 Å². The molecule has 1 saturated heterocycles. The van der Waals surface area contributed by atoms with Gasteiger partial charge in [-0.15, -0.1) is 0 Å². The molecule has 0 saturated carbocycles. The first-order chi connectivity index (χ1) is 12.3. The molecule has 1 fully saturated rings. The van der Waals surface area contributed by atoms with Crippen LogP contribution in [-0.4, -0.2) is 66.3 Å². The minimum absolute atomic E-state index is 0.226. The number of aromatic nitrogens is 2. The Morgan fingerprint density at radius 3 is 2.41 bits per heavy atom. The molecule has 17 heteroatoms. The SMILES string of the molecule is COC1C(OP(=O)(O)O)C(COP(=O)(O)O)OC1n1cc(O)c(=O)[nH]c1=S. The van der Waals surface area contributed by atoms with Gasteiger partial charge in [0.2, 0.25) is 0 Å². The lowest BCUT2D eigenvalue weighted by atomic mass is 10.1. The summed E-state index contributed by atoms with van der Waals surface area (Å²) in [5.41, 5.74) is -0.882. The van der Waals surface area contributed by atoms with Crippen molar-refractivity contribution in [3.05, 3.63) is 21.3 Å². The normalized spacial score (nSPS) is 26.4. The van der Waals surface area contributed by atoms with Gasteiger partial charge >= 0.3 is 15.6 Å². The van der Waals surface area contributed by atoms with Crippen molar-refractivity contribution in [3.8, 4) is 5.75 Å². The molecule has 154 valence electrons. The molecule has 1 aromatic heterocycles. The lowest BCUT2D eigenvalue weighted by Gasteiger charge is -2.24. The van der Waals surface area contributed by atoms with E-state index in [0.29, 0.717) is 0 Å². The number of ether oxygens (including phenoxy) is 2. The van der Waals surface area contributed by atoms with Gasteiger partial charge < -0.3 is 34.2 Å². The molecule has 0 spiro atoms. The van der Waals surface area contributed by atoms with Crippen molar-refractivity contribution in [1.29, 1.82) is 0 Å². The van der Waals surface area contributed by atoms with Crippen molar-refractivity contribution in [1.82, 2.24) is 9.55 Å². The zero-order valence-corrected chi connectivity index (χ0v) is 16.0. The van der Waals surface area contributed by atoms with Crippen LogP contribution in [0.2, 0.25) is 0 Å². The van der Waals surface area contributed by atoms with Gasteiger partial charge in [0.05, 0.1) is 12.8 Å². The van der Waals surface area contributed by atoms with Crippen LogP contribution in [0.15, 0.2) is 11.0 Å². The number of hydrogen-bond donors (Lipinski definition) is 6. The summed E-state index contributed by atoms with van der Waals surface area (Å²) < 4.78 is 42.5. The van der Waals surface area contributed by atoms with Gasteiger partial charge in [-0.25, -0.2) is 9.13 Å². The highest BCUT2D eigenvalue weighted by molar-refractivity contribution is 7.71. The summed E-state index contributed by atoms with van der Waals surface area (Å²) in [6.07, 6.45) is -4.59. The quantitative estimate of drug-likeness (QED) is 0.220. The molecule has 6 N–H and O–H groups in total. The average Bonchev–Trinajstić information content (AvgIpc) is 2.83. The van der Waals surface area contributed by atoms with Gasteiger partial charge in [-0.3, -0.25) is 23.4 Å². The molecular formula is C10H16N2O12P2S. The Balaban J connectivity index is 2.42. The Kier molecular flexibility index (Phi) is 6.77. The van der Waals surface area contributed by atoms with Gasteiger partial charge in [-0.2, -0.15) is 0 Å². The fourth-order valence-corrected chi connectivity index (χ4v) is 3.60. The Morgan fingerprint density at radius 1 is 1.26 bits per heavy atom. The van der Waals surface area contributed by atoms with E-state index < -0.39 is 58.1 Å². The van der Waals surface area contributed by atoms with E-state index in [1.54, 1.807) is 0 Å². The van der Waals surface area contributed by atoms with Crippen LogP contribution in [0, 0.1) is 4.77 Å². The van der Waals surface area contributed by atoms with Crippen LogP contribution in [0.3, 0.4) is 0 Å². The third kappa shape index (κ3) is 5.76. The molecule has 2 rings (SSSR count). The molecule has 1 aromatic rings. The number of rotatable bonds is 7. The summed E-state index contributed by atoms with van der Waals surface area (Å²) in [5.74, 6) is -0.732. The Bertz CT molecular complexity index is 889. The number of hydrogen-bond acceptors (Lipinski definition) is 9. The second-order valence-electron chi connectivity index (χ2n) is 5.29. The summed E-state index contributed by atoms with van der Waals surface area (Å²) in [5, 5.41) is 9.58. The van der Waals surface area contributed by atoms with Gasteiger partial charge in [0.15, 0.2) is 16.7 Å². The van der Waals surface area contributed by atoms with E-state index in [0.717, 1.165) is 17.9 Å². The number of nitrogens with one attached hydrogen (secondary N) is 1. The minimum atomic E-state index is -5.07. The monoisotopic (exact) mass is 450 g/mol. The fourth-order valence-electron chi connectivity index (χ4n) is 2.44. The van der Waals surface area contributed by atoms with Crippen LogP contribution in [0.5, 0.6) is 5.75 Å². The molecule has 27 heavy (non-hydrogen) atoms. The Labute approximate surface area is 155 Å². The van der Waals surface area contributed by atoms with Gasteiger partial charge in [-0.1, -0.05) is 0 Å². The molecule has 0 aliphatic carbocycles. The summed E-state index contributed by atoms with van der Waals surface area (Å²) in [6, 6.07) is 0. The number of phosphoric acid groups is 2. The third-order valence-electron chi connectivity index (χ3n) is 3.45. The van der Waals surface area contributed by atoms with E-state index >= 15 is 0 Å². The Morgan fingerprint density at radius 2 is 1.89 bits per heavy atom. The van der Waals surface area contributed by atoms with E-state index in [9.17, 15) is 19.0 Å². The summed E-state index contributed by atoms with van der Waals surface area (Å²) >= 11 is 4.96. The van der Waals surface area contributed by atoms with Crippen molar-refractivity contribution in [2.45, 2.75) is 24.5 Å². The number of H-pyrrole nitrogens is 1. The van der Waals surface area contributed by atoms with E-state index in [2.05, 4.69) is 14.0 Å². The maximum absolute atomic E-state index is 11.4. The molecule has 0 bridgehead atoms. The third-order valence-corrected chi connectivity index (χ3v) is 4.76. The van der Waals surface area contributed by atoms with Gasteiger partial charge in [0.25, 0.3) is 5.56 Å². The minimum Gasteiger partial charge on any atom is -0.502 e. The molecular weight excluding hydrogens is 434 g/mol. The maximum atomic E-state index is 11.4. The van der Waals surface area contributed by atoms with Crippen molar-refractivity contribution >= 4 is 27.9 Å². The highest BCUT2D eigenvalue weighted by atomic mass is 32.1. The molecule has 1 aliphatic rings. The van der Waals surface area contributed by atoms with Crippen LogP contribution in [0.4, 0.5) is 0 Å². The van der Waals surface area contributed by atoms with Crippen molar-refractivity contribution in [2.24, 2.45) is 0 Å². The van der Waals surface area contributed by atoms with Crippen LogP contribution in [0.25, 0.3) is 0 Å². The largest absolute Gasteiger partial charge is 0.502 e. The van der Waals surface area contributed by atoms with Crippen LogP contribution in [-0.2, 0) is 27.7 Å². The second-order valence-corrected chi connectivity index (χ2v) is 8.11.